The van der Waals surface area contributed by atoms with E-state index in [0.717, 1.165) is 0 Å². The van der Waals surface area contributed by atoms with Crippen LogP contribution < -0.4 is 0 Å². The van der Waals surface area contributed by atoms with Crippen LogP contribution in [0.15, 0.2) is 11.6 Å². The van der Waals surface area contributed by atoms with Gasteiger partial charge in [-0.15, -0.1) is 0 Å². The van der Waals surface area contributed by atoms with E-state index in [1.165, 1.54) is 0 Å². The van der Waals surface area contributed by atoms with E-state index >= 15 is 0 Å². The van der Waals surface area contributed by atoms with E-state index in [0.29, 0.717) is 14.2 Å². The van der Waals surface area contributed by atoms with Crippen LogP contribution in [0.5, 0.6) is 0 Å². The predicted molar refractivity (Wildman–Crippen MR) is 46.1 cm³/mol. The number of alkyl halides is 5. The minimum Gasteiger partial charge on any atom is -0.506 e. The van der Waals surface area contributed by atoms with Crippen molar-refractivity contribution in [1.82, 2.24) is 0 Å². The van der Waals surface area contributed by atoms with Crippen molar-refractivity contribution in [3.8, 4) is 0 Å². The highest BCUT2D eigenvalue weighted by atomic mass is 19.3. The standard InChI is InChI=1S/C9H8F6O4/c1-17-6-4(10)3(16)5(11)7(18-2,19-6)9(14,15)8(6,12)13/h4,16H,1-2H3. The minimum atomic E-state index is -5.30. The molecule has 3 unspecified atom stereocenters. The summed E-state index contributed by atoms with van der Waals surface area (Å²) in [6.45, 7) is 0. The summed E-state index contributed by atoms with van der Waals surface area (Å²) >= 11 is 0. The number of hydrogen-bond donors (Lipinski definition) is 1. The summed E-state index contributed by atoms with van der Waals surface area (Å²) in [5.41, 5.74) is 0. The number of fused-ring (bicyclic) bond motifs is 2. The molecule has 2 heterocycles. The Morgan fingerprint density at radius 2 is 1.63 bits per heavy atom. The van der Waals surface area contributed by atoms with E-state index in [-0.39, 0.29) is 0 Å². The molecule has 2 rings (SSSR count). The quantitative estimate of drug-likeness (QED) is 0.792. The molecular formula is C9H8F6O4. The Bertz CT molecular complexity index is 452. The van der Waals surface area contributed by atoms with Crippen molar-refractivity contribution in [3.63, 3.8) is 0 Å². The van der Waals surface area contributed by atoms with Crippen LogP contribution in [0.4, 0.5) is 26.3 Å². The second kappa shape index (κ2) is 3.55. The zero-order valence-corrected chi connectivity index (χ0v) is 9.52. The molecule has 2 aliphatic heterocycles. The van der Waals surface area contributed by atoms with E-state index in [2.05, 4.69) is 14.2 Å². The van der Waals surface area contributed by atoms with Crippen molar-refractivity contribution in [2.24, 2.45) is 0 Å². The summed E-state index contributed by atoms with van der Waals surface area (Å²) in [5.74, 6) is -22.8. The third kappa shape index (κ3) is 1.14. The second-order valence-electron chi connectivity index (χ2n) is 4.00. The predicted octanol–water partition coefficient (Wildman–Crippen LogP) is 2.06. The molecule has 1 saturated heterocycles. The first-order valence-electron chi connectivity index (χ1n) is 4.85. The van der Waals surface area contributed by atoms with E-state index in [4.69, 9.17) is 5.11 Å². The van der Waals surface area contributed by atoms with Crippen LogP contribution in [-0.2, 0) is 14.2 Å². The molecule has 0 aromatic rings. The molecule has 0 saturated carbocycles. The SMILES string of the molecule is COC12OC(OC)(C(F)C(O)=C1F)C(F)(F)C2(F)F. The first-order chi connectivity index (χ1) is 8.55. The molecule has 19 heavy (non-hydrogen) atoms. The van der Waals surface area contributed by atoms with Crippen molar-refractivity contribution in [1.29, 1.82) is 0 Å². The van der Waals surface area contributed by atoms with Gasteiger partial charge in [0.25, 0.3) is 5.79 Å². The largest absolute Gasteiger partial charge is 0.506 e. The topological polar surface area (TPSA) is 47.9 Å². The molecule has 1 fully saturated rings. The van der Waals surface area contributed by atoms with Gasteiger partial charge < -0.3 is 14.6 Å². The fourth-order valence-electron chi connectivity index (χ4n) is 2.15. The van der Waals surface area contributed by atoms with Crippen LogP contribution in [0, 0.1) is 0 Å². The van der Waals surface area contributed by atoms with Crippen LogP contribution in [0.3, 0.4) is 0 Å². The molecule has 10 heteroatoms. The van der Waals surface area contributed by atoms with Crippen LogP contribution >= 0.6 is 0 Å². The van der Waals surface area contributed by atoms with Crippen molar-refractivity contribution in [2.45, 2.75) is 29.6 Å². The first kappa shape index (κ1) is 14.4. The highest BCUT2D eigenvalue weighted by Crippen LogP contribution is 2.66. The smallest absolute Gasteiger partial charge is 0.375 e. The van der Waals surface area contributed by atoms with Gasteiger partial charge in [-0.1, -0.05) is 0 Å². The molecule has 0 amide bonds. The summed E-state index contributed by atoms with van der Waals surface area (Å²) in [6, 6.07) is 0. The van der Waals surface area contributed by atoms with Gasteiger partial charge in [0.2, 0.25) is 12.0 Å². The van der Waals surface area contributed by atoms with E-state index in [1.54, 1.807) is 0 Å². The number of halogens is 6. The number of rotatable bonds is 2. The summed E-state index contributed by atoms with van der Waals surface area (Å²) < 4.78 is 94.3. The maximum absolute atomic E-state index is 13.7. The normalized spacial score (nSPS) is 43.7. The summed E-state index contributed by atoms with van der Waals surface area (Å²) in [7, 11) is 0.903. The molecule has 0 aromatic carbocycles. The molecule has 3 atom stereocenters. The van der Waals surface area contributed by atoms with Crippen LogP contribution in [0.25, 0.3) is 0 Å². The molecular weight excluding hydrogens is 286 g/mol. The Labute approximate surface area is 102 Å². The monoisotopic (exact) mass is 294 g/mol. The molecule has 2 bridgehead atoms. The van der Waals surface area contributed by atoms with Crippen LogP contribution in [0.2, 0.25) is 0 Å². The zero-order valence-electron chi connectivity index (χ0n) is 9.52. The lowest BCUT2D eigenvalue weighted by atomic mass is 10.0. The van der Waals surface area contributed by atoms with Crippen LogP contribution in [-0.4, -0.2) is 48.9 Å². The Hall–Kier alpha value is -1.00. The summed E-state index contributed by atoms with van der Waals surface area (Å²) in [5, 5.41) is 9.11. The van der Waals surface area contributed by atoms with Gasteiger partial charge in [-0.2, -0.15) is 17.6 Å². The second-order valence-corrected chi connectivity index (χ2v) is 4.00. The molecule has 0 aliphatic carbocycles. The van der Waals surface area contributed by atoms with Gasteiger partial charge in [0.15, 0.2) is 5.76 Å². The molecule has 2 aliphatic rings. The highest BCUT2D eigenvalue weighted by molar-refractivity contribution is 5.34. The van der Waals surface area contributed by atoms with Gasteiger partial charge in [-0.3, -0.25) is 4.74 Å². The maximum Gasteiger partial charge on any atom is 0.375 e. The van der Waals surface area contributed by atoms with Gasteiger partial charge in [0.1, 0.15) is 0 Å². The van der Waals surface area contributed by atoms with Crippen molar-refractivity contribution in [3.05, 3.63) is 11.6 Å². The Kier molecular flexibility index (Phi) is 2.69. The summed E-state index contributed by atoms with van der Waals surface area (Å²) in [6.07, 6.45) is -3.34. The fourth-order valence-corrected chi connectivity index (χ4v) is 2.15. The number of aliphatic hydroxyl groups excluding tert-OH is 1. The number of ether oxygens (including phenoxy) is 3. The number of aliphatic hydroxyl groups is 1. The van der Waals surface area contributed by atoms with Crippen LogP contribution in [0.1, 0.15) is 0 Å². The molecule has 4 nitrogen and oxygen atoms in total. The Balaban J connectivity index is 2.82. The lowest BCUT2D eigenvalue weighted by Gasteiger charge is -2.37. The van der Waals surface area contributed by atoms with Crippen molar-refractivity contribution < 1.29 is 45.7 Å². The van der Waals surface area contributed by atoms with E-state index in [9.17, 15) is 26.3 Å². The highest BCUT2D eigenvalue weighted by Gasteiger charge is 2.93. The van der Waals surface area contributed by atoms with Gasteiger partial charge >= 0.3 is 17.6 Å². The zero-order chi connectivity index (χ0) is 14.9. The molecule has 0 radical (unpaired) electrons. The van der Waals surface area contributed by atoms with Crippen molar-refractivity contribution >= 4 is 0 Å². The number of methoxy groups -OCH3 is 2. The average molecular weight is 294 g/mol. The molecule has 0 aromatic heterocycles. The summed E-state index contributed by atoms with van der Waals surface area (Å²) in [4.78, 5) is 0. The first-order valence-corrected chi connectivity index (χ1v) is 4.85. The Morgan fingerprint density at radius 1 is 1.11 bits per heavy atom. The molecule has 110 valence electrons. The van der Waals surface area contributed by atoms with E-state index < -0.39 is 41.2 Å². The van der Waals surface area contributed by atoms with Gasteiger partial charge in [0.05, 0.1) is 0 Å². The minimum absolute atomic E-state index is 0.446. The average Bonchev–Trinajstić information content (AvgIpc) is 2.48. The Morgan fingerprint density at radius 3 is 2.05 bits per heavy atom. The third-order valence-corrected chi connectivity index (χ3v) is 3.22. The van der Waals surface area contributed by atoms with Gasteiger partial charge in [-0.05, 0) is 0 Å². The lowest BCUT2D eigenvalue weighted by Crippen LogP contribution is -2.59. The number of hydrogen-bond acceptors (Lipinski definition) is 4. The lowest BCUT2D eigenvalue weighted by molar-refractivity contribution is -0.361. The fraction of sp³-hybridized carbons (Fsp3) is 0.778. The third-order valence-electron chi connectivity index (χ3n) is 3.22. The van der Waals surface area contributed by atoms with E-state index in [1.807, 2.05) is 0 Å². The van der Waals surface area contributed by atoms with Gasteiger partial charge in [0, 0.05) is 14.2 Å². The molecule has 1 N–H and O–H groups in total. The van der Waals surface area contributed by atoms with Crippen molar-refractivity contribution in [2.75, 3.05) is 14.2 Å². The molecule has 0 spiro atoms. The van der Waals surface area contributed by atoms with Gasteiger partial charge in [-0.25, -0.2) is 8.78 Å². The maximum atomic E-state index is 13.7.